The number of halogens is 1. The van der Waals surface area contributed by atoms with E-state index in [2.05, 4.69) is 17.2 Å². The maximum absolute atomic E-state index is 13.2. The van der Waals surface area contributed by atoms with Gasteiger partial charge in [-0.1, -0.05) is 18.1 Å². The van der Waals surface area contributed by atoms with Crippen molar-refractivity contribution in [3.05, 3.63) is 35.8 Å². The molecule has 2 aromatic rings. The van der Waals surface area contributed by atoms with Crippen LogP contribution in [-0.4, -0.2) is 13.6 Å². The maximum Gasteiger partial charge on any atom is 0.178 e. The molecule has 1 aromatic carbocycles. The van der Waals surface area contributed by atoms with Crippen LogP contribution in [0, 0.1) is 17.7 Å². The molecule has 76 valence electrons. The first-order chi connectivity index (χ1) is 7.31. The minimum atomic E-state index is -0.353. The molecule has 0 fully saturated rings. The van der Waals surface area contributed by atoms with Crippen molar-refractivity contribution in [2.24, 2.45) is 0 Å². The summed E-state index contributed by atoms with van der Waals surface area (Å²) in [7, 11) is 1.81. The van der Waals surface area contributed by atoms with Crippen LogP contribution < -0.4 is 5.32 Å². The Morgan fingerprint density at radius 3 is 3.07 bits per heavy atom. The van der Waals surface area contributed by atoms with Crippen LogP contribution in [0.15, 0.2) is 28.7 Å². The van der Waals surface area contributed by atoms with Gasteiger partial charge in [-0.25, -0.2) is 4.39 Å². The highest BCUT2D eigenvalue weighted by Crippen LogP contribution is 2.21. The summed E-state index contributed by atoms with van der Waals surface area (Å²) < 4.78 is 18.5. The number of benzene rings is 1. The molecule has 2 nitrogen and oxygen atoms in total. The number of furan rings is 1. The molecule has 0 saturated heterocycles. The minimum absolute atomic E-state index is 0.270. The molecule has 0 saturated carbocycles. The van der Waals surface area contributed by atoms with E-state index in [0.717, 1.165) is 5.39 Å². The third-order valence-corrected chi connectivity index (χ3v) is 1.97. The third-order valence-electron chi connectivity index (χ3n) is 1.97. The highest BCUT2D eigenvalue weighted by atomic mass is 19.1. The van der Waals surface area contributed by atoms with E-state index in [4.69, 9.17) is 4.42 Å². The van der Waals surface area contributed by atoms with E-state index in [9.17, 15) is 4.39 Å². The largest absolute Gasteiger partial charge is 0.445 e. The van der Waals surface area contributed by atoms with Gasteiger partial charge >= 0.3 is 0 Å². The van der Waals surface area contributed by atoms with Gasteiger partial charge in [0.15, 0.2) is 17.2 Å². The number of hydrogen-bond acceptors (Lipinski definition) is 2. The lowest BCUT2D eigenvalue weighted by Crippen LogP contribution is -2.04. The molecular formula is C12H10FNO. The third kappa shape index (κ3) is 2.00. The lowest BCUT2D eigenvalue weighted by atomic mass is 10.2. The van der Waals surface area contributed by atoms with Gasteiger partial charge in [0.1, 0.15) is 0 Å². The molecular weight excluding hydrogens is 193 g/mol. The predicted octanol–water partition coefficient (Wildman–Crippen LogP) is 2.14. The van der Waals surface area contributed by atoms with Gasteiger partial charge in [-0.3, -0.25) is 0 Å². The van der Waals surface area contributed by atoms with Crippen LogP contribution >= 0.6 is 0 Å². The van der Waals surface area contributed by atoms with Crippen molar-refractivity contribution in [1.82, 2.24) is 5.32 Å². The Kier molecular flexibility index (Phi) is 2.70. The van der Waals surface area contributed by atoms with E-state index in [-0.39, 0.29) is 11.4 Å². The van der Waals surface area contributed by atoms with Crippen LogP contribution in [0.25, 0.3) is 11.0 Å². The molecule has 0 radical (unpaired) electrons. The van der Waals surface area contributed by atoms with E-state index in [1.54, 1.807) is 18.2 Å². The van der Waals surface area contributed by atoms with Gasteiger partial charge < -0.3 is 9.73 Å². The summed E-state index contributed by atoms with van der Waals surface area (Å²) in [6, 6.07) is 6.56. The summed E-state index contributed by atoms with van der Waals surface area (Å²) in [5.74, 6) is 5.81. The Labute approximate surface area is 87.1 Å². The lowest BCUT2D eigenvalue weighted by Gasteiger charge is -1.87. The summed E-state index contributed by atoms with van der Waals surface area (Å²) >= 11 is 0. The van der Waals surface area contributed by atoms with Crippen molar-refractivity contribution in [2.45, 2.75) is 0 Å². The van der Waals surface area contributed by atoms with Crippen molar-refractivity contribution in [3.63, 3.8) is 0 Å². The van der Waals surface area contributed by atoms with Gasteiger partial charge in [0.05, 0.1) is 6.54 Å². The average molecular weight is 203 g/mol. The first-order valence-corrected chi connectivity index (χ1v) is 4.63. The fourth-order valence-electron chi connectivity index (χ4n) is 1.31. The smallest absolute Gasteiger partial charge is 0.178 e. The topological polar surface area (TPSA) is 25.2 Å². The number of rotatable bonds is 1. The second kappa shape index (κ2) is 4.16. The second-order valence-electron chi connectivity index (χ2n) is 3.10. The van der Waals surface area contributed by atoms with E-state index in [1.165, 1.54) is 6.07 Å². The highest BCUT2D eigenvalue weighted by molar-refractivity contribution is 5.79. The number of para-hydroxylation sites is 1. The summed E-state index contributed by atoms with van der Waals surface area (Å²) in [5.41, 5.74) is 0.270. The minimum Gasteiger partial charge on any atom is -0.445 e. The first kappa shape index (κ1) is 9.75. The van der Waals surface area contributed by atoms with Gasteiger partial charge in [-0.05, 0) is 19.0 Å². The molecule has 0 aliphatic carbocycles. The number of hydrogen-bond donors (Lipinski definition) is 1. The summed E-state index contributed by atoms with van der Waals surface area (Å²) in [6.45, 7) is 0.583. The molecule has 1 heterocycles. The van der Waals surface area contributed by atoms with Crippen LogP contribution in [0.4, 0.5) is 4.39 Å². The van der Waals surface area contributed by atoms with E-state index < -0.39 is 0 Å². The van der Waals surface area contributed by atoms with Gasteiger partial charge in [0.25, 0.3) is 0 Å². The predicted molar refractivity (Wildman–Crippen MR) is 57.0 cm³/mol. The maximum atomic E-state index is 13.2. The first-order valence-electron chi connectivity index (χ1n) is 4.63. The van der Waals surface area contributed by atoms with Crippen LogP contribution in [0.5, 0.6) is 0 Å². The average Bonchev–Trinajstić information content (AvgIpc) is 2.63. The molecule has 15 heavy (non-hydrogen) atoms. The Morgan fingerprint density at radius 1 is 1.47 bits per heavy atom. The fourth-order valence-corrected chi connectivity index (χ4v) is 1.31. The quantitative estimate of drug-likeness (QED) is 0.718. The molecule has 2 rings (SSSR count). The summed E-state index contributed by atoms with van der Waals surface area (Å²) in [6.07, 6.45) is 0. The zero-order valence-corrected chi connectivity index (χ0v) is 8.30. The normalized spacial score (nSPS) is 10.0. The monoisotopic (exact) mass is 203 g/mol. The van der Waals surface area contributed by atoms with Gasteiger partial charge in [-0.2, -0.15) is 0 Å². The molecule has 0 aliphatic heterocycles. The van der Waals surface area contributed by atoms with E-state index in [0.29, 0.717) is 12.3 Å². The molecule has 0 amide bonds. The molecule has 0 bridgehead atoms. The van der Waals surface area contributed by atoms with E-state index >= 15 is 0 Å². The van der Waals surface area contributed by atoms with Crippen LogP contribution in [0.2, 0.25) is 0 Å². The van der Waals surface area contributed by atoms with Crippen LogP contribution in [-0.2, 0) is 0 Å². The Balaban J connectivity index is 2.40. The molecule has 1 aromatic heterocycles. The SMILES string of the molecule is CNCC#Cc1cc2cccc(F)c2o1. The second-order valence-corrected chi connectivity index (χ2v) is 3.10. The molecule has 1 N–H and O–H groups in total. The zero-order valence-electron chi connectivity index (χ0n) is 8.30. The fraction of sp³-hybridized carbons (Fsp3) is 0.167. The van der Waals surface area contributed by atoms with Crippen LogP contribution in [0.1, 0.15) is 5.76 Å². The molecule has 0 unspecified atom stereocenters. The van der Waals surface area contributed by atoms with Crippen molar-refractivity contribution >= 4 is 11.0 Å². The highest BCUT2D eigenvalue weighted by Gasteiger charge is 2.05. The summed E-state index contributed by atoms with van der Waals surface area (Å²) in [5, 5.41) is 3.63. The number of nitrogens with one attached hydrogen (secondary N) is 1. The van der Waals surface area contributed by atoms with Gasteiger partial charge in [0.2, 0.25) is 0 Å². The standard InChI is InChI=1S/C12H10FNO/c1-14-7-3-5-10-8-9-4-2-6-11(13)12(9)15-10/h2,4,6,8,14H,7H2,1H3. The van der Waals surface area contributed by atoms with Gasteiger partial charge in [0, 0.05) is 11.5 Å². The van der Waals surface area contributed by atoms with Gasteiger partial charge in [-0.15, -0.1) is 0 Å². The van der Waals surface area contributed by atoms with Crippen molar-refractivity contribution in [1.29, 1.82) is 0 Å². The Hall–Kier alpha value is -1.79. The molecule has 3 heteroatoms. The zero-order chi connectivity index (χ0) is 10.7. The number of fused-ring (bicyclic) bond motifs is 1. The van der Waals surface area contributed by atoms with Crippen LogP contribution in [0.3, 0.4) is 0 Å². The lowest BCUT2D eigenvalue weighted by molar-refractivity contribution is 0.552. The van der Waals surface area contributed by atoms with Crippen molar-refractivity contribution in [2.75, 3.05) is 13.6 Å². The Bertz CT molecular complexity index is 533. The van der Waals surface area contributed by atoms with E-state index in [1.807, 2.05) is 7.05 Å². The molecule has 0 atom stereocenters. The van der Waals surface area contributed by atoms with Crippen molar-refractivity contribution < 1.29 is 8.81 Å². The Morgan fingerprint density at radius 2 is 2.33 bits per heavy atom. The molecule has 0 aliphatic rings. The van der Waals surface area contributed by atoms with Crippen molar-refractivity contribution in [3.8, 4) is 11.8 Å². The summed E-state index contributed by atoms with van der Waals surface area (Å²) in [4.78, 5) is 0. The molecule has 0 spiro atoms.